The lowest BCUT2D eigenvalue weighted by molar-refractivity contribution is -0.151. The number of nitrogens with two attached hydrogens (primary N) is 1. The molecule has 7 heteroatoms. The zero-order chi connectivity index (χ0) is 11.9. The van der Waals surface area contributed by atoms with E-state index in [2.05, 4.69) is 4.74 Å². The predicted octanol–water partition coefficient (Wildman–Crippen LogP) is 0.115. The van der Waals surface area contributed by atoms with Crippen LogP contribution < -0.4 is 5.73 Å². The van der Waals surface area contributed by atoms with Crippen LogP contribution in [0.3, 0.4) is 0 Å². The number of methoxy groups -OCH3 is 1. The zero-order valence-corrected chi connectivity index (χ0v) is 10.3. The maximum absolute atomic E-state index is 11.9. The van der Waals surface area contributed by atoms with Crippen molar-refractivity contribution in [2.75, 3.05) is 7.11 Å². The van der Waals surface area contributed by atoms with E-state index in [1.165, 1.54) is 23.8 Å². The van der Waals surface area contributed by atoms with Gasteiger partial charge in [0, 0.05) is 0 Å². The number of thioether (sulfide) groups is 1. The van der Waals surface area contributed by atoms with Crippen molar-refractivity contribution in [2.24, 2.45) is 5.73 Å². The number of nitrogens with zero attached hydrogens (tertiary/aromatic N) is 1. The number of halogens is 1. The van der Waals surface area contributed by atoms with E-state index in [-0.39, 0.29) is 17.3 Å². The van der Waals surface area contributed by atoms with Gasteiger partial charge in [0.2, 0.25) is 5.91 Å². The van der Waals surface area contributed by atoms with Crippen molar-refractivity contribution in [3.05, 3.63) is 0 Å². The van der Waals surface area contributed by atoms with Gasteiger partial charge in [0.15, 0.2) is 0 Å². The van der Waals surface area contributed by atoms with Crippen molar-refractivity contribution < 1.29 is 14.3 Å². The Morgan fingerprint density at radius 2 is 2.31 bits per heavy atom. The van der Waals surface area contributed by atoms with Crippen LogP contribution in [0.15, 0.2) is 0 Å². The van der Waals surface area contributed by atoms with E-state index >= 15 is 0 Å². The first-order chi connectivity index (χ1) is 7.56. The van der Waals surface area contributed by atoms with Crippen LogP contribution in [0.25, 0.3) is 0 Å². The molecular formula is C9H13ClN2O3S. The Balaban J connectivity index is 2.19. The van der Waals surface area contributed by atoms with Crippen LogP contribution in [0.2, 0.25) is 0 Å². The second kappa shape index (κ2) is 4.43. The fraction of sp³-hybridized carbons (Fsp3) is 0.778. The summed E-state index contributed by atoms with van der Waals surface area (Å²) in [7, 11) is 1.32. The first-order valence-corrected chi connectivity index (χ1v) is 6.39. The molecule has 4 atom stereocenters. The van der Waals surface area contributed by atoms with Crippen LogP contribution >= 0.6 is 23.4 Å². The number of amides is 1. The monoisotopic (exact) mass is 264 g/mol. The van der Waals surface area contributed by atoms with Crippen LogP contribution in [-0.4, -0.2) is 46.1 Å². The quantitative estimate of drug-likeness (QED) is 0.538. The Hall–Kier alpha value is -0.460. The van der Waals surface area contributed by atoms with Crippen LogP contribution in [0.1, 0.15) is 12.8 Å². The van der Waals surface area contributed by atoms with E-state index in [0.717, 1.165) is 6.42 Å². The van der Waals surface area contributed by atoms with Crippen molar-refractivity contribution >= 4 is 35.2 Å². The molecule has 0 aliphatic carbocycles. The summed E-state index contributed by atoms with van der Waals surface area (Å²) in [5, 5.41) is -0.0427. The van der Waals surface area contributed by atoms with Gasteiger partial charge in [-0.15, -0.1) is 23.4 Å². The molecule has 0 bridgehead atoms. The molecular weight excluding hydrogens is 252 g/mol. The van der Waals surface area contributed by atoms with E-state index in [4.69, 9.17) is 17.3 Å². The number of alkyl halides is 1. The highest BCUT2D eigenvalue weighted by Gasteiger charge is 2.49. The van der Waals surface area contributed by atoms with Gasteiger partial charge in [-0.25, -0.2) is 4.79 Å². The molecule has 2 aliphatic rings. The van der Waals surface area contributed by atoms with Crippen LogP contribution in [0.4, 0.5) is 0 Å². The minimum Gasteiger partial charge on any atom is -0.467 e. The van der Waals surface area contributed by atoms with E-state index in [9.17, 15) is 9.59 Å². The smallest absolute Gasteiger partial charge is 0.328 e. The highest BCUT2D eigenvalue weighted by molar-refractivity contribution is 8.01. The van der Waals surface area contributed by atoms with E-state index < -0.39 is 16.8 Å². The summed E-state index contributed by atoms with van der Waals surface area (Å²) in [5.41, 5.74) is 5.69. The van der Waals surface area contributed by atoms with Crippen molar-refractivity contribution in [3.63, 3.8) is 0 Å². The van der Waals surface area contributed by atoms with Crippen LogP contribution in [0.5, 0.6) is 0 Å². The molecule has 0 saturated carbocycles. The van der Waals surface area contributed by atoms with Gasteiger partial charge in [-0.05, 0) is 12.8 Å². The van der Waals surface area contributed by atoms with Gasteiger partial charge in [0.05, 0.1) is 12.5 Å². The minimum atomic E-state index is -0.742. The third kappa shape index (κ3) is 1.78. The van der Waals surface area contributed by atoms with Crippen LogP contribution in [0, 0.1) is 0 Å². The average Bonchev–Trinajstić information content (AvgIpc) is 2.68. The van der Waals surface area contributed by atoms with Crippen LogP contribution in [-0.2, 0) is 14.3 Å². The summed E-state index contributed by atoms with van der Waals surface area (Å²) in [6.45, 7) is 0. The maximum Gasteiger partial charge on any atom is 0.328 e. The first-order valence-electron chi connectivity index (χ1n) is 5.01. The molecule has 0 aromatic rings. The average molecular weight is 265 g/mol. The summed E-state index contributed by atoms with van der Waals surface area (Å²) in [4.78, 5) is 25.0. The highest BCUT2D eigenvalue weighted by atomic mass is 35.5. The van der Waals surface area contributed by atoms with Crippen molar-refractivity contribution in [3.8, 4) is 0 Å². The third-order valence-corrected chi connectivity index (χ3v) is 4.83. The Morgan fingerprint density at radius 3 is 2.94 bits per heavy atom. The van der Waals surface area contributed by atoms with E-state index in [1.54, 1.807) is 0 Å². The normalized spacial score (nSPS) is 38.4. The zero-order valence-electron chi connectivity index (χ0n) is 8.76. The lowest BCUT2D eigenvalue weighted by Crippen LogP contribution is -2.57. The molecule has 0 aromatic heterocycles. The summed E-state index contributed by atoms with van der Waals surface area (Å²) < 4.78 is 4.27. The number of carbonyl (C=O) groups excluding carboxylic acids is 2. The fourth-order valence-electron chi connectivity index (χ4n) is 2.09. The minimum absolute atomic E-state index is 0.0427. The number of esters is 1. The lowest BCUT2D eigenvalue weighted by atomic mass is 10.2. The molecule has 2 N–H and O–H groups in total. The summed E-state index contributed by atoms with van der Waals surface area (Å²) in [6, 6.07) is -1.24. The Labute approximate surface area is 103 Å². The molecule has 2 rings (SSSR count). The van der Waals surface area contributed by atoms with Crippen molar-refractivity contribution in [1.29, 1.82) is 0 Å². The Kier molecular flexibility index (Phi) is 3.32. The molecule has 0 aromatic carbocycles. The molecule has 2 fully saturated rings. The van der Waals surface area contributed by atoms with Gasteiger partial charge < -0.3 is 15.4 Å². The summed E-state index contributed by atoms with van der Waals surface area (Å²) >= 11 is 7.40. The summed E-state index contributed by atoms with van der Waals surface area (Å²) in [6.07, 6.45) is 1.37. The van der Waals surface area contributed by atoms with Gasteiger partial charge in [-0.1, -0.05) is 0 Å². The number of carbonyl (C=O) groups is 2. The molecule has 0 spiro atoms. The molecule has 0 radical (unpaired) electrons. The Bertz CT molecular complexity index is 328. The van der Waals surface area contributed by atoms with Gasteiger partial charge in [-0.2, -0.15) is 0 Å². The first kappa shape index (κ1) is 12.0. The standard InChI is InChI=1S/C9H13ClN2O3S/c1-15-9(14)4-2-3-5-12(4)8(13)6(11)7(10)16-5/h4-7H,2-3,11H2,1H3. The predicted molar refractivity (Wildman–Crippen MR) is 60.9 cm³/mol. The molecule has 2 heterocycles. The molecule has 2 saturated heterocycles. The molecule has 90 valence electrons. The topological polar surface area (TPSA) is 72.6 Å². The number of ether oxygens (including phenoxy) is 1. The van der Waals surface area contributed by atoms with Crippen molar-refractivity contribution in [1.82, 2.24) is 4.90 Å². The van der Waals surface area contributed by atoms with E-state index in [1.807, 2.05) is 0 Å². The largest absolute Gasteiger partial charge is 0.467 e. The van der Waals surface area contributed by atoms with E-state index in [0.29, 0.717) is 6.42 Å². The number of rotatable bonds is 1. The molecule has 4 unspecified atom stereocenters. The summed E-state index contributed by atoms with van der Waals surface area (Å²) in [5.74, 6) is -0.631. The number of fused-ring (bicyclic) bond motifs is 1. The Morgan fingerprint density at radius 1 is 1.62 bits per heavy atom. The molecule has 1 amide bonds. The second-order valence-corrected chi connectivity index (χ2v) is 5.88. The van der Waals surface area contributed by atoms with Gasteiger partial charge in [0.25, 0.3) is 0 Å². The number of hydrogen-bond donors (Lipinski definition) is 1. The second-order valence-electron chi connectivity index (χ2n) is 3.83. The van der Waals surface area contributed by atoms with Crippen molar-refractivity contribution in [2.45, 2.75) is 35.0 Å². The number of hydrogen-bond acceptors (Lipinski definition) is 5. The SMILES string of the molecule is COC(=O)C1CCC2SC(Cl)C(N)C(=O)N21. The maximum atomic E-state index is 11.9. The highest BCUT2D eigenvalue weighted by Crippen LogP contribution is 2.41. The lowest BCUT2D eigenvalue weighted by Gasteiger charge is -2.37. The molecule has 2 aliphatic heterocycles. The molecule has 16 heavy (non-hydrogen) atoms. The third-order valence-electron chi connectivity index (χ3n) is 2.92. The van der Waals surface area contributed by atoms with Gasteiger partial charge in [-0.3, -0.25) is 4.79 Å². The van der Waals surface area contributed by atoms with Gasteiger partial charge in [0.1, 0.15) is 16.8 Å². The fourth-order valence-corrected chi connectivity index (χ4v) is 3.80. The van der Waals surface area contributed by atoms with Gasteiger partial charge >= 0.3 is 5.97 Å². The molecule has 5 nitrogen and oxygen atoms in total.